The van der Waals surface area contributed by atoms with Gasteiger partial charge in [-0.1, -0.05) is 49.4 Å². The summed E-state index contributed by atoms with van der Waals surface area (Å²) >= 11 is 0. The Morgan fingerprint density at radius 1 is 0.921 bits per heavy atom. The maximum Gasteiger partial charge on any atom is 0.416 e. The maximum absolute atomic E-state index is 13.5. The fourth-order valence-corrected chi connectivity index (χ4v) is 5.50. The second-order valence-electron chi connectivity index (χ2n) is 8.58. The molecule has 0 heterocycles. The summed E-state index contributed by atoms with van der Waals surface area (Å²) in [4.78, 5) is 11.1. The smallest absolute Gasteiger partial charge is 0.416 e. The van der Waals surface area contributed by atoms with Crippen LogP contribution in [0.25, 0.3) is 10.8 Å². The molecule has 0 aliphatic heterocycles. The zero-order valence-corrected chi connectivity index (χ0v) is 21.1. The quantitative estimate of drug-likeness (QED) is 0.261. The van der Waals surface area contributed by atoms with Crippen molar-refractivity contribution >= 4 is 26.8 Å². The van der Waals surface area contributed by atoms with E-state index in [-0.39, 0.29) is 41.5 Å². The Kier molecular flexibility index (Phi) is 7.75. The van der Waals surface area contributed by atoms with Crippen molar-refractivity contribution in [3.8, 4) is 11.5 Å². The number of benzene rings is 4. The van der Waals surface area contributed by atoms with Crippen LogP contribution in [0.4, 0.5) is 13.2 Å². The molecule has 10 heteroatoms. The largest absolute Gasteiger partial charge is 0.481 e. The number of aliphatic carboxylic acids is 1. The van der Waals surface area contributed by atoms with Crippen LogP contribution in [0.2, 0.25) is 0 Å². The molecule has 0 radical (unpaired) electrons. The molecule has 4 rings (SSSR count). The Bertz CT molecular complexity index is 1590. The Balaban J connectivity index is 1.71. The van der Waals surface area contributed by atoms with Crippen molar-refractivity contribution in [2.45, 2.75) is 31.0 Å². The third kappa shape index (κ3) is 6.15. The Hall–Kier alpha value is -3.89. The van der Waals surface area contributed by atoms with Gasteiger partial charge in [-0.3, -0.25) is 4.79 Å². The molecule has 4 aromatic carbocycles. The number of carboxylic acids is 1. The van der Waals surface area contributed by atoms with Crippen molar-refractivity contribution in [1.29, 1.82) is 0 Å². The van der Waals surface area contributed by atoms with Gasteiger partial charge in [-0.25, -0.2) is 8.42 Å². The van der Waals surface area contributed by atoms with Crippen LogP contribution in [-0.2, 0) is 34.0 Å². The summed E-state index contributed by atoms with van der Waals surface area (Å²) in [6.07, 6.45) is -4.91. The highest BCUT2D eigenvalue weighted by Crippen LogP contribution is 2.36. The molecule has 0 fully saturated rings. The second kappa shape index (κ2) is 10.8. The highest BCUT2D eigenvalue weighted by Gasteiger charge is 2.32. The molecule has 0 saturated carbocycles. The molecule has 38 heavy (non-hydrogen) atoms. The molecule has 198 valence electrons. The first-order valence-corrected chi connectivity index (χ1v) is 13.1. The van der Waals surface area contributed by atoms with Gasteiger partial charge in [0.2, 0.25) is 10.0 Å². The molecule has 0 aliphatic carbocycles. The summed E-state index contributed by atoms with van der Waals surface area (Å²) in [5.74, 6) is -0.808. The molecule has 0 bridgehead atoms. The molecule has 0 atom stereocenters. The molecule has 0 aromatic heterocycles. The highest BCUT2D eigenvalue weighted by atomic mass is 32.2. The number of sulfonamides is 1. The van der Waals surface area contributed by atoms with Gasteiger partial charge in [0.15, 0.2) is 0 Å². The summed E-state index contributed by atoms with van der Waals surface area (Å²) in [6, 6.07) is 21.0. The number of ether oxygens (including phenoxy) is 1. The molecular formula is C28H24F3NO5S. The van der Waals surface area contributed by atoms with E-state index in [1.807, 2.05) is 12.1 Å². The lowest BCUT2D eigenvalue weighted by Crippen LogP contribution is -2.30. The van der Waals surface area contributed by atoms with Crippen LogP contribution in [-0.4, -0.2) is 30.3 Å². The molecule has 0 aliphatic rings. The van der Waals surface area contributed by atoms with Crippen molar-refractivity contribution in [3.05, 3.63) is 102 Å². The van der Waals surface area contributed by atoms with Crippen molar-refractivity contribution in [2.24, 2.45) is 0 Å². The third-order valence-corrected chi connectivity index (χ3v) is 7.84. The predicted octanol–water partition coefficient (Wildman–Crippen LogP) is 6.49. The zero-order chi connectivity index (χ0) is 27.5. The molecule has 0 unspecified atom stereocenters. The van der Waals surface area contributed by atoms with Crippen LogP contribution < -0.4 is 4.74 Å². The Morgan fingerprint density at radius 2 is 1.66 bits per heavy atom. The second-order valence-corrected chi connectivity index (χ2v) is 10.5. The summed E-state index contributed by atoms with van der Waals surface area (Å²) < 4.78 is 74.6. The van der Waals surface area contributed by atoms with E-state index in [1.54, 1.807) is 37.3 Å². The Morgan fingerprint density at radius 3 is 2.34 bits per heavy atom. The van der Waals surface area contributed by atoms with Crippen LogP contribution in [0, 0.1) is 0 Å². The average Bonchev–Trinajstić information content (AvgIpc) is 2.86. The van der Waals surface area contributed by atoms with Crippen molar-refractivity contribution in [3.63, 3.8) is 0 Å². The minimum absolute atomic E-state index is 0.00105. The van der Waals surface area contributed by atoms with Crippen LogP contribution >= 0.6 is 0 Å². The van der Waals surface area contributed by atoms with E-state index in [1.165, 1.54) is 24.3 Å². The molecule has 6 nitrogen and oxygen atoms in total. The highest BCUT2D eigenvalue weighted by molar-refractivity contribution is 7.89. The van der Waals surface area contributed by atoms with Gasteiger partial charge in [0, 0.05) is 18.7 Å². The lowest BCUT2D eigenvalue weighted by Gasteiger charge is -2.23. The van der Waals surface area contributed by atoms with Gasteiger partial charge in [0.05, 0.1) is 16.9 Å². The van der Waals surface area contributed by atoms with Crippen molar-refractivity contribution in [1.82, 2.24) is 4.31 Å². The molecule has 0 amide bonds. The van der Waals surface area contributed by atoms with Gasteiger partial charge in [0.1, 0.15) is 11.5 Å². The standard InChI is InChI=1S/C28H24F3NO5S/c1-2-32(38(35,36)25-12-10-20-7-3-4-8-21(20)17-25)18-22-16-23(28(29,30)31)11-13-26(22)37-24-9-5-6-19(14-24)15-27(33)34/h3-14,16-17H,2,15,18H2,1H3,(H,33,34). The van der Waals surface area contributed by atoms with E-state index in [2.05, 4.69) is 0 Å². The minimum atomic E-state index is -4.65. The number of fused-ring (bicyclic) bond motifs is 1. The number of rotatable bonds is 9. The molecular weight excluding hydrogens is 519 g/mol. The fraction of sp³-hybridized carbons (Fsp3) is 0.179. The first kappa shape index (κ1) is 27.2. The number of nitrogens with zero attached hydrogens (tertiary/aromatic N) is 1. The van der Waals surface area contributed by atoms with E-state index in [0.717, 1.165) is 27.9 Å². The first-order valence-electron chi connectivity index (χ1n) is 11.6. The summed E-state index contributed by atoms with van der Waals surface area (Å²) in [6.45, 7) is 1.22. The average molecular weight is 544 g/mol. The fourth-order valence-electron chi connectivity index (χ4n) is 4.03. The molecule has 0 spiro atoms. The van der Waals surface area contributed by atoms with E-state index in [9.17, 15) is 26.4 Å². The predicted molar refractivity (Wildman–Crippen MR) is 137 cm³/mol. The van der Waals surface area contributed by atoms with Crippen LogP contribution in [0.3, 0.4) is 0 Å². The van der Waals surface area contributed by atoms with Gasteiger partial charge >= 0.3 is 12.1 Å². The van der Waals surface area contributed by atoms with Gasteiger partial charge in [-0.2, -0.15) is 17.5 Å². The number of carboxylic acid groups (broad SMARTS) is 1. The lowest BCUT2D eigenvalue weighted by atomic mass is 10.1. The van der Waals surface area contributed by atoms with Crippen LogP contribution in [0.15, 0.2) is 89.8 Å². The van der Waals surface area contributed by atoms with Crippen LogP contribution in [0.1, 0.15) is 23.6 Å². The first-order chi connectivity index (χ1) is 18.0. The number of hydrogen-bond acceptors (Lipinski definition) is 4. The summed E-state index contributed by atoms with van der Waals surface area (Å²) in [7, 11) is -4.07. The van der Waals surface area contributed by atoms with Gasteiger partial charge in [-0.15, -0.1) is 0 Å². The zero-order valence-electron chi connectivity index (χ0n) is 20.3. The topological polar surface area (TPSA) is 83.9 Å². The number of hydrogen-bond donors (Lipinski definition) is 1. The number of halogens is 3. The van der Waals surface area contributed by atoms with Gasteiger partial charge in [0.25, 0.3) is 0 Å². The summed E-state index contributed by atoms with van der Waals surface area (Å²) in [5.41, 5.74) is -0.495. The van der Waals surface area contributed by atoms with E-state index in [4.69, 9.17) is 9.84 Å². The number of alkyl halides is 3. The normalized spacial score (nSPS) is 12.1. The van der Waals surface area contributed by atoms with E-state index >= 15 is 0 Å². The minimum Gasteiger partial charge on any atom is -0.481 e. The van der Waals surface area contributed by atoms with Gasteiger partial charge in [-0.05, 0) is 58.8 Å². The van der Waals surface area contributed by atoms with E-state index in [0.29, 0.717) is 10.9 Å². The molecule has 4 aromatic rings. The van der Waals surface area contributed by atoms with Crippen LogP contribution in [0.5, 0.6) is 11.5 Å². The lowest BCUT2D eigenvalue weighted by molar-refractivity contribution is -0.138. The van der Waals surface area contributed by atoms with E-state index < -0.39 is 27.7 Å². The Labute approximate surface area is 218 Å². The monoisotopic (exact) mass is 543 g/mol. The molecule has 0 saturated heterocycles. The van der Waals surface area contributed by atoms with Crippen molar-refractivity contribution in [2.75, 3.05) is 6.54 Å². The molecule has 1 N–H and O–H groups in total. The summed E-state index contributed by atoms with van der Waals surface area (Å²) in [5, 5.41) is 10.6. The van der Waals surface area contributed by atoms with Gasteiger partial charge < -0.3 is 9.84 Å². The third-order valence-electron chi connectivity index (χ3n) is 5.93. The SMILES string of the molecule is CCN(Cc1cc(C(F)(F)F)ccc1Oc1cccc(CC(=O)O)c1)S(=O)(=O)c1ccc2ccccc2c1. The van der Waals surface area contributed by atoms with Crippen molar-refractivity contribution < 1.29 is 36.2 Å². The maximum atomic E-state index is 13.5. The number of carbonyl (C=O) groups is 1.